The average Bonchev–Trinajstić information content (AvgIpc) is 3.12. The number of hydrogen-bond acceptors (Lipinski definition) is 7. The summed E-state index contributed by atoms with van der Waals surface area (Å²) < 4.78 is 4.90. The Labute approximate surface area is 197 Å². The monoisotopic (exact) mass is 471 g/mol. The Hall–Kier alpha value is -3.82. The first-order valence-corrected chi connectivity index (χ1v) is 11.1. The summed E-state index contributed by atoms with van der Waals surface area (Å²) in [5.41, 5.74) is 1.18. The Balaban J connectivity index is 1.85. The number of Topliss-reactive ketones (excluding diaryl/α,β-unsaturated/α-hetero) is 1. The number of nitrogens with zero attached hydrogens (tertiary/aromatic N) is 1. The normalized spacial score (nSPS) is 13.5. The van der Waals surface area contributed by atoms with Crippen molar-refractivity contribution >= 4 is 41.2 Å². The molecule has 2 rings (SSSR count). The first kappa shape index (κ1) is 26.4. The fourth-order valence-electron chi connectivity index (χ4n) is 3.30. The fraction of sp³-hybridized carbons (Fsp3) is 0.417. The Morgan fingerprint density at radius 3 is 2.24 bits per heavy atom. The van der Waals surface area contributed by atoms with Crippen LogP contribution in [-0.2, 0) is 35.3 Å². The van der Waals surface area contributed by atoms with E-state index in [2.05, 4.69) is 10.6 Å². The number of ketones is 1. The molecule has 1 aliphatic rings. The zero-order valence-electron chi connectivity index (χ0n) is 19.3. The summed E-state index contributed by atoms with van der Waals surface area (Å²) >= 11 is 0. The lowest BCUT2D eigenvalue weighted by atomic mass is 9.94. The summed E-state index contributed by atoms with van der Waals surface area (Å²) in [6.45, 7) is 3.36. The molecule has 1 unspecified atom stereocenters. The molecule has 10 nitrogen and oxygen atoms in total. The van der Waals surface area contributed by atoms with Crippen LogP contribution in [0.25, 0.3) is 0 Å². The molecule has 10 heteroatoms. The maximum atomic E-state index is 12.7. The Kier molecular flexibility index (Phi) is 10.1. The summed E-state index contributed by atoms with van der Waals surface area (Å²) in [6.07, 6.45) is 4.02. The quantitative estimate of drug-likeness (QED) is 0.271. The lowest BCUT2D eigenvalue weighted by Crippen LogP contribution is -2.39. The minimum atomic E-state index is -0.731. The second kappa shape index (κ2) is 13.0. The molecule has 0 spiro atoms. The molecular weight excluding hydrogens is 442 g/mol. The van der Waals surface area contributed by atoms with Gasteiger partial charge in [0.1, 0.15) is 12.4 Å². The molecule has 1 aromatic carbocycles. The molecular formula is C24H29N3O7. The van der Waals surface area contributed by atoms with Crippen LogP contribution >= 0.6 is 0 Å². The highest BCUT2D eigenvalue weighted by Crippen LogP contribution is 2.17. The molecule has 5 amide bonds. The van der Waals surface area contributed by atoms with E-state index in [9.17, 15) is 28.8 Å². The summed E-state index contributed by atoms with van der Waals surface area (Å²) in [5.74, 6) is -2.49. The number of carbonyl (C=O) groups is 6. The van der Waals surface area contributed by atoms with Crippen LogP contribution in [0.1, 0.15) is 51.5 Å². The van der Waals surface area contributed by atoms with Crippen LogP contribution in [0, 0.1) is 5.92 Å². The van der Waals surface area contributed by atoms with Gasteiger partial charge in [-0.25, -0.2) is 4.79 Å². The van der Waals surface area contributed by atoms with Crippen molar-refractivity contribution in [1.29, 1.82) is 0 Å². The number of nitrogens with one attached hydrogen (secondary N) is 2. The van der Waals surface area contributed by atoms with Gasteiger partial charge in [-0.2, -0.15) is 0 Å². The predicted molar refractivity (Wildman–Crippen MR) is 122 cm³/mol. The third kappa shape index (κ3) is 8.61. The molecule has 0 aliphatic carbocycles. The first-order chi connectivity index (χ1) is 16.2. The summed E-state index contributed by atoms with van der Waals surface area (Å²) in [5, 5.41) is 4.82. The highest BCUT2D eigenvalue weighted by Gasteiger charge is 2.25. The second-order valence-corrected chi connectivity index (χ2v) is 7.87. The zero-order chi connectivity index (χ0) is 25.1. The third-order valence-electron chi connectivity index (χ3n) is 5.21. The first-order valence-electron chi connectivity index (χ1n) is 11.1. The fourth-order valence-corrected chi connectivity index (χ4v) is 3.30. The molecule has 1 heterocycles. The van der Waals surface area contributed by atoms with Crippen molar-refractivity contribution in [2.45, 2.75) is 52.6 Å². The Morgan fingerprint density at radius 2 is 1.65 bits per heavy atom. The van der Waals surface area contributed by atoms with Crippen LogP contribution in [0.2, 0.25) is 0 Å². The van der Waals surface area contributed by atoms with E-state index in [4.69, 9.17) is 4.74 Å². The van der Waals surface area contributed by atoms with Crippen LogP contribution in [0.3, 0.4) is 0 Å². The molecule has 1 aromatic rings. The number of amides is 5. The molecule has 0 saturated heterocycles. The number of unbranched alkanes of at least 4 members (excludes halogenated alkanes) is 1. The molecule has 0 fully saturated rings. The van der Waals surface area contributed by atoms with Gasteiger partial charge in [-0.3, -0.25) is 34.2 Å². The van der Waals surface area contributed by atoms with Gasteiger partial charge >= 0.3 is 12.0 Å². The van der Waals surface area contributed by atoms with E-state index in [0.717, 1.165) is 10.5 Å². The van der Waals surface area contributed by atoms with Gasteiger partial charge in [-0.1, -0.05) is 25.5 Å². The summed E-state index contributed by atoms with van der Waals surface area (Å²) in [6, 6.07) is 5.84. The third-order valence-corrected chi connectivity index (χ3v) is 5.21. The van der Waals surface area contributed by atoms with E-state index in [0.29, 0.717) is 24.9 Å². The van der Waals surface area contributed by atoms with Crippen molar-refractivity contribution in [1.82, 2.24) is 10.2 Å². The zero-order valence-corrected chi connectivity index (χ0v) is 19.3. The number of benzene rings is 1. The van der Waals surface area contributed by atoms with Crippen LogP contribution in [0.15, 0.2) is 36.4 Å². The van der Waals surface area contributed by atoms with Crippen molar-refractivity contribution in [2.75, 3.05) is 11.9 Å². The van der Waals surface area contributed by atoms with Gasteiger partial charge in [-0.15, -0.1) is 0 Å². The van der Waals surface area contributed by atoms with Crippen LogP contribution in [0.5, 0.6) is 0 Å². The molecule has 1 atom stereocenters. The second-order valence-electron chi connectivity index (χ2n) is 7.87. The minimum Gasteiger partial charge on any atom is -0.461 e. The van der Waals surface area contributed by atoms with Crippen molar-refractivity contribution in [3.8, 4) is 0 Å². The van der Waals surface area contributed by atoms with Crippen LogP contribution in [-0.4, -0.2) is 46.9 Å². The smallest absolute Gasteiger partial charge is 0.325 e. The van der Waals surface area contributed by atoms with Gasteiger partial charge in [-0.05, 0) is 30.5 Å². The molecule has 34 heavy (non-hydrogen) atoms. The van der Waals surface area contributed by atoms with Gasteiger partial charge in [0.2, 0.25) is 5.91 Å². The van der Waals surface area contributed by atoms with Gasteiger partial charge in [0.15, 0.2) is 0 Å². The van der Waals surface area contributed by atoms with Crippen molar-refractivity contribution in [2.24, 2.45) is 5.92 Å². The van der Waals surface area contributed by atoms with E-state index >= 15 is 0 Å². The molecule has 0 aromatic heterocycles. The van der Waals surface area contributed by atoms with Crippen LogP contribution in [0.4, 0.5) is 10.5 Å². The number of imide groups is 2. The lowest BCUT2D eigenvalue weighted by molar-refractivity contribution is -0.142. The maximum Gasteiger partial charge on any atom is 0.325 e. The molecule has 0 radical (unpaired) electrons. The number of hydrogen-bond donors (Lipinski definition) is 2. The summed E-state index contributed by atoms with van der Waals surface area (Å²) in [7, 11) is 0. The van der Waals surface area contributed by atoms with Gasteiger partial charge < -0.3 is 10.1 Å². The number of ether oxygens (including phenoxy) is 1. The van der Waals surface area contributed by atoms with Gasteiger partial charge in [0.25, 0.3) is 11.8 Å². The highest BCUT2D eigenvalue weighted by atomic mass is 16.5. The van der Waals surface area contributed by atoms with Crippen molar-refractivity contribution in [3.05, 3.63) is 42.0 Å². The lowest BCUT2D eigenvalue weighted by Gasteiger charge is -2.17. The van der Waals surface area contributed by atoms with Crippen molar-refractivity contribution < 1.29 is 33.5 Å². The van der Waals surface area contributed by atoms with E-state index in [1.165, 1.54) is 19.1 Å². The van der Waals surface area contributed by atoms with E-state index in [1.807, 2.05) is 0 Å². The molecule has 1 aliphatic heterocycles. The largest absolute Gasteiger partial charge is 0.461 e. The molecule has 2 N–H and O–H groups in total. The van der Waals surface area contributed by atoms with E-state index in [1.54, 1.807) is 31.2 Å². The maximum absolute atomic E-state index is 12.7. The predicted octanol–water partition coefficient (Wildman–Crippen LogP) is 2.48. The highest BCUT2D eigenvalue weighted by molar-refractivity contribution is 6.12. The standard InChI is InChI=1S/C24H29N3O7/c1-3-20(29)14-18(6-4-5-13-27-21(30)11-12-22(27)31)23(32)26-24(33)25-19-9-7-17(8-10-19)15-34-16(2)28/h7-12,18H,3-6,13-15H2,1-2H3,(H2,25,26,32,33). The Bertz CT molecular complexity index is 951. The number of urea groups is 1. The number of carbonyl (C=O) groups excluding carboxylic acids is 6. The van der Waals surface area contributed by atoms with E-state index < -0.39 is 23.8 Å². The number of esters is 1. The SMILES string of the molecule is CCC(=O)CC(CCCCN1C(=O)C=CC1=O)C(=O)NC(=O)Nc1ccc(COC(C)=O)cc1. The minimum absolute atomic E-state index is 0.00356. The molecule has 182 valence electrons. The number of rotatable bonds is 12. The molecule has 0 bridgehead atoms. The van der Waals surface area contributed by atoms with Crippen LogP contribution < -0.4 is 10.6 Å². The Morgan fingerprint density at radius 1 is 1.00 bits per heavy atom. The van der Waals surface area contributed by atoms with E-state index in [-0.39, 0.29) is 43.6 Å². The summed E-state index contributed by atoms with van der Waals surface area (Å²) in [4.78, 5) is 72.1. The van der Waals surface area contributed by atoms with Crippen molar-refractivity contribution in [3.63, 3.8) is 0 Å². The van der Waals surface area contributed by atoms with Gasteiger partial charge in [0, 0.05) is 50.1 Å². The average molecular weight is 472 g/mol. The number of anilines is 1. The molecule has 0 saturated carbocycles. The topological polar surface area (TPSA) is 139 Å². The van der Waals surface area contributed by atoms with Gasteiger partial charge in [0.05, 0.1) is 0 Å².